The number of nitrogens with one attached hydrogen (secondary N) is 6. The van der Waals surface area contributed by atoms with Crippen LogP contribution >= 0.6 is 11.6 Å². The molecular weight excluding hydrogens is 781 g/mol. The summed E-state index contributed by atoms with van der Waals surface area (Å²) in [5, 5.41) is 10.9. The van der Waals surface area contributed by atoms with E-state index in [9.17, 15) is 32.3 Å². The maximum Gasteiger partial charge on any atom is 0.407 e. The van der Waals surface area contributed by atoms with Gasteiger partial charge in [0.1, 0.15) is 23.4 Å². The van der Waals surface area contributed by atoms with Crippen LogP contribution in [0.2, 0.25) is 0 Å². The summed E-state index contributed by atoms with van der Waals surface area (Å²) in [6.07, 6.45) is 6.72. The van der Waals surface area contributed by atoms with Crippen LogP contribution in [0.5, 0.6) is 0 Å². The van der Waals surface area contributed by atoms with Gasteiger partial charge >= 0.3 is 12.3 Å². The lowest BCUT2D eigenvalue weighted by Crippen LogP contribution is -2.51. The zero-order valence-corrected chi connectivity index (χ0v) is 32.8. The van der Waals surface area contributed by atoms with Crippen molar-refractivity contribution in [1.29, 1.82) is 0 Å². The van der Waals surface area contributed by atoms with Gasteiger partial charge in [-0.15, -0.1) is 0 Å². The van der Waals surface area contributed by atoms with E-state index in [1.165, 1.54) is 38.0 Å². The van der Waals surface area contributed by atoms with Crippen LogP contribution in [0.3, 0.4) is 0 Å². The van der Waals surface area contributed by atoms with Gasteiger partial charge in [-0.25, -0.2) is 19.7 Å². The van der Waals surface area contributed by atoms with E-state index in [0.717, 1.165) is 12.0 Å². The summed E-state index contributed by atoms with van der Waals surface area (Å²) < 4.78 is 48.4. The Morgan fingerprint density at radius 1 is 1.03 bits per heavy atom. The maximum atomic E-state index is 14.6. The van der Waals surface area contributed by atoms with Crippen LogP contribution in [0.15, 0.2) is 77.2 Å². The number of alkyl carbamates (subject to hydrolysis) is 1. The largest absolute Gasteiger partial charge is 0.453 e. The Labute approximate surface area is 337 Å². The molecule has 19 heteroatoms. The molecule has 0 aromatic carbocycles. The number of hydrogen-bond acceptors (Lipinski definition) is 9. The first-order chi connectivity index (χ1) is 27.7. The Hall–Kier alpha value is -5.91. The van der Waals surface area contributed by atoms with Crippen molar-refractivity contribution in [2.24, 2.45) is 11.8 Å². The van der Waals surface area contributed by atoms with Gasteiger partial charge in [0.15, 0.2) is 0 Å². The standard InChI is InChI=1S/C39H44ClF3N10O5/c1-21(2)33(52-38(57)58-3)37(56)53-14-4-5-31(53)34-48-19-29(50-34)23-8-6-22(7-9-23)25-15-27(40)28(16-26(25)39(41,42)43)51-35(54)24-10-11-32(47-17-24)45-12-13-46-36(55)30-18-44-20-49-30/h6,8,10-11,15,17-21,26,31,33H,4-5,7,9,12-14,16H2,1-3H3,(H,44,49)(H,45,47)(H,46,55)(H,48,50)(H,51,54)(H,52,57). The number of anilines is 1. The van der Waals surface area contributed by atoms with Crippen LogP contribution in [0.25, 0.3) is 5.57 Å². The van der Waals surface area contributed by atoms with E-state index in [2.05, 4.69) is 46.2 Å². The summed E-state index contributed by atoms with van der Waals surface area (Å²) in [7, 11) is 1.24. The molecule has 4 heterocycles. The third kappa shape index (κ3) is 9.78. The highest BCUT2D eigenvalue weighted by molar-refractivity contribution is 6.32. The lowest BCUT2D eigenvalue weighted by atomic mass is 9.80. The third-order valence-corrected chi connectivity index (χ3v) is 10.5. The zero-order valence-electron chi connectivity index (χ0n) is 32.0. The van der Waals surface area contributed by atoms with Crippen molar-refractivity contribution >= 4 is 46.8 Å². The Bertz CT molecular complexity index is 2130. The molecule has 0 bridgehead atoms. The highest BCUT2D eigenvalue weighted by Crippen LogP contribution is 2.46. The van der Waals surface area contributed by atoms with Crippen molar-refractivity contribution in [2.45, 2.75) is 64.2 Å². The lowest BCUT2D eigenvalue weighted by Gasteiger charge is -2.31. The quantitative estimate of drug-likeness (QED) is 0.114. The van der Waals surface area contributed by atoms with Gasteiger partial charge in [0.05, 0.1) is 54.1 Å². The number of H-pyrrole nitrogens is 2. The maximum absolute atomic E-state index is 14.6. The van der Waals surface area contributed by atoms with Crippen molar-refractivity contribution in [1.82, 2.24) is 45.8 Å². The van der Waals surface area contributed by atoms with Gasteiger partial charge in [-0.05, 0) is 66.5 Å². The van der Waals surface area contributed by atoms with Crippen LogP contribution in [-0.4, -0.2) is 92.6 Å². The first-order valence-electron chi connectivity index (χ1n) is 18.8. The molecule has 15 nitrogen and oxygen atoms in total. The number of carbonyl (C=O) groups is 4. The Kier molecular flexibility index (Phi) is 13.0. The predicted octanol–water partition coefficient (Wildman–Crippen LogP) is 5.91. The number of carbonyl (C=O) groups excluding carboxylic acids is 4. The molecule has 3 aromatic rings. The number of pyridine rings is 1. The summed E-state index contributed by atoms with van der Waals surface area (Å²) in [5.74, 6) is -2.29. The number of amides is 4. The number of likely N-dealkylation sites (tertiary alicyclic amines) is 1. The lowest BCUT2D eigenvalue weighted by molar-refractivity contribution is -0.163. The summed E-state index contributed by atoms with van der Waals surface area (Å²) >= 11 is 6.54. The topological polar surface area (TPSA) is 199 Å². The summed E-state index contributed by atoms with van der Waals surface area (Å²) in [4.78, 5) is 70.8. The summed E-state index contributed by atoms with van der Waals surface area (Å²) in [5.41, 5.74) is 2.44. The average Bonchev–Trinajstić information content (AvgIpc) is 4.02. The van der Waals surface area contributed by atoms with Crippen LogP contribution in [0.4, 0.5) is 23.8 Å². The minimum absolute atomic E-state index is 0.00156. The molecule has 6 N–H and O–H groups in total. The number of nitrogens with zero attached hydrogens (tertiary/aromatic N) is 4. The number of aromatic amines is 2. The molecule has 1 saturated heterocycles. The van der Waals surface area contributed by atoms with Gasteiger partial charge in [0.2, 0.25) is 5.91 Å². The molecule has 0 spiro atoms. The molecule has 2 aliphatic carbocycles. The second kappa shape index (κ2) is 18.1. The number of halogens is 4. The van der Waals surface area contributed by atoms with Gasteiger partial charge in [0, 0.05) is 37.9 Å². The highest BCUT2D eigenvalue weighted by Gasteiger charge is 2.45. The van der Waals surface area contributed by atoms with Crippen LogP contribution in [0.1, 0.15) is 84.4 Å². The van der Waals surface area contributed by atoms with E-state index in [-0.39, 0.29) is 52.2 Å². The van der Waals surface area contributed by atoms with E-state index < -0.39 is 36.6 Å². The second-order valence-electron chi connectivity index (χ2n) is 14.4. The van der Waals surface area contributed by atoms with Gasteiger partial charge in [0.25, 0.3) is 11.8 Å². The van der Waals surface area contributed by atoms with Crippen molar-refractivity contribution < 1.29 is 37.1 Å². The van der Waals surface area contributed by atoms with Crippen LogP contribution in [0, 0.1) is 11.8 Å². The molecule has 0 saturated carbocycles. The Morgan fingerprint density at radius 2 is 1.81 bits per heavy atom. The average molecular weight is 825 g/mol. The Balaban J connectivity index is 1.10. The van der Waals surface area contributed by atoms with Gasteiger partial charge in [-0.2, -0.15) is 13.2 Å². The number of ether oxygens (including phenoxy) is 1. The molecule has 4 amide bonds. The molecular formula is C39H44ClF3N10O5. The number of hydrogen-bond donors (Lipinski definition) is 6. The van der Waals surface area contributed by atoms with Crippen molar-refractivity contribution in [3.05, 3.63) is 99.9 Å². The summed E-state index contributed by atoms with van der Waals surface area (Å²) in [6, 6.07) is 1.91. The second-order valence-corrected chi connectivity index (χ2v) is 14.8. The fraction of sp³-hybridized carbons (Fsp3) is 0.410. The normalized spacial score (nSPS) is 18.9. The van der Waals surface area contributed by atoms with E-state index in [0.29, 0.717) is 61.0 Å². The smallest absolute Gasteiger partial charge is 0.407 e. The molecule has 3 aromatic heterocycles. The highest BCUT2D eigenvalue weighted by atomic mass is 35.5. The Morgan fingerprint density at radius 3 is 2.47 bits per heavy atom. The molecule has 6 rings (SSSR count). The minimum Gasteiger partial charge on any atom is -0.453 e. The van der Waals surface area contributed by atoms with Gasteiger partial charge in [-0.1, -0.05) is 37.6 Å². The molecule has 3 unspecified atom stereocenters. The molecule has 1 aliphatic heterocycles. The van der Waals surface area contributed by atoms with E-state index in [4.69, 9.17) is 16.3 Å². The molecule has 0 radical (unpaired) electrons. The minimum atomic E-state index is -4.62. The van der Waals surface area contributed by atoms with E-state index in [1.807, 2.05) is 13.8 Å². The molecule has 3 aliphatic rings. The number of aromatic nitrogens is 5. The number of alkyl halides is 3. The number of allylic oxidation sites excluding steroid dienone is 8. The molecule has 1 fully saturated rings. The van der Waals surface area contributed by atoms with Crippen LogP contribution < -0.4 is 21.3 Å². The predicted molar refractivity (Wildman–Crippen MR) is 208 cm³/mol. The van der Waals surface area contributed by atoms with E-state index in [1.54, 1.807) is 29.3 Å². The van der Waals surface area contributed by atoms with E-state index >= 15 is 0 Å². The third-order valence-electron chi connectivity index (χ3n) is 10.2. The fourth-order valence-corrected chi connectivity index (χ4v) is 7.35. The number of methoxy groups -OCH3 is 1. The van der Waals surface area contributed by atoms with Crippen LogP contribution in [-0.2, 0) is 9.53 Å². The van der Waals surface area contributed by atoms with Gasteiger partial charge < -0.3 is 40.9 Å². The van der Waals surface area contributed by atoms with Crippen molar-refractivity contribution in [3.8, 4) is 0 Å². The zero-order chi connectivity index (χ0) is 41.6. The fourth-order valence-electron chi connectivity index (χ4n) is 7.10. The van der Waals surface area contributed by atoms with Gasteiger partial charge in [-0.3, -0.25) is 14.4 Å². The molecule has 58 heavy (non-hydrogen) atoms. The monoisotopic (exact) mass is 824 g/mol. The number of imidazole rings is 2. The summed E-state index contributed by atoms with van der Waals surface area (Å²) in [6.45, 7) is 4.80. The first kappa shape index (κ1) is 41.7. The van der Waals surface area contributed by atoms with Crippen molar-refractivity contribution in [2.75, 3.05) is 32.1 Å². The van der Waals surface area contributed by atoms with Crippen molar-refractivity contribution in [3.63, 3.8) is 0 Å². The number of rotatable bonds is 13. The SMILES string of the molecule is COC(=O)NC(C(=O)N1CCCC1c1ncc(C2=CC=C(C3=CC(Cl)=C(NC(=O)c4ccc(NCCNC(=O)c5cnc[nH]5)nc4)CC3C(F)(F)F)CC2)[nH]1)C(C)C. The molecule has 308 valence electrons. The first-order valence-corrected chi connectivity index (χ1v) is 19.2. The molecule has 3 atom stereocenters.